The Morgan fingerprint density at radius 2 is 1.79 bits per heavy atom. The fourth-order valence-electron chi connectivity index (χ4n) is 1.47. The van der Waals surface area contributed by atoms with Crippen molar-refractivity contribution in [2.75, 3.05) is 4.43 Å². The van der Waals surface area contributed by atoms with E-state index in [0.29, 0.717) is 10.2 Å². The largest absolute Gasteiger partial charge is 0.425 e. The Morgan fingerprint density at radius 3 is 2.21 bits per heavy atom. The number of rotatable bonds is 2. The van der Waals surface area contributed by atoms with Crippen LogP contribution in [0.4, 0.5) is 0 Å². The Balaban J connectivity index is 3.02. The second kappa shape index (κ2) is 4.77. The van der Waals surface area contributed by atoms with E-state index < -0.39 is 0 Å². The van der Waals surface area contributed by atoms with Gasteiger partial charge >= 0.3 is 5.97 Å². The molecule has 2 nitrogen and oxygen atoms in total. The lowest BCUT2D eigenvalue weighted by atomic mass is 10.1. The van der Waals surface area contributed by atoms with Crippen molar-refractivity contribution in [3.63, 3.8) is 0 Å². The minimum Gasteiger partial charge on any atom is -0.425 e. The number of hydrogen-bond donors (Lipinski definition) is 0. The first-order valence-corrected chi connectivity index (χ1v) is 5.91. The molecule has 0 amide bonds. The van der Waals surface area contributed by atoms with E-state index in [4.69, 9.17) is 4.74 Å². The number of carbonyl (C=O) groups is 1. The van der Waals surface area contributed by atoms with E-state index >= 15 is 0 Å². The predicted octanol–water partition coefficient (Wildman–Crippen LogP) is 2.95. The molecule has 0 saturated heterocycles. The van der Waals surface area contributed by atoms with Crippen LogP contribution in [0, 0.1) is 20.8 Å². The monoisotopic (exact) mass is 304 g/mol. The van der Waals surface area contributed by atoms with Crippen molar-refractivity contribution >= 4 is 28.6 Å². The fourth-order valence-corrected chi connectivity index (χ4v) is 1.62. The summed E-state index contributed by atoms with van der Waals surface area (Å²) in [5, 5.41) is 0. The predicted molar refractivity (Wildman–Crippen MR) is 65.2 cm³/mol. The van der Waals surface area contributed by atoms with Gasteiger partial charge in [0.15, 0.2) is 0 Å². The van der Waals surface area contributed by atoms with Crippen LogP contribution in [0.2, 0.25) is 0 Å². The summed E-state index contributed by atoms with van der Waals surface area (Å²) in [6.45, 7) is 5.94. The summed E-state index contributed by atoms with van der Waals surface area (Å²) in [5.41, 5.74) is 3.22. The van der Waals surface area contributed by atoms with E-state index in [-0.39, 0.29) is 5.97 Å². The summed E-state index contributed by atoms with van der Waals surface area (Å²) < 4.78 is 5.61. The summed E-state index contributed by atoms with van der Waals surface area (Å²) in [5.74, 6) is 0.512. The molecular formula is C11H13IO2. The molecule has 1 aromatic carbocycles. The molecule has 0 aliphatic rings. The minimum absolute atomic E-state index is 0.194. The zero-order chi connectivity index (χ0) is 10.7. The molecule has 0 aliphatic heterocycles. The van der Waals surface area contributed by atoms with Gasteiger partial charge in [-0.3, -0.25) is 4.79 Å². The number of alkyl halides is 1. The normalized spacial score (nSPS) is 10.0. The average Bonchev–Trinajstić information content (AvgIpc) is 2.10. The molecule has 0 bridgehead atoms. The molecule has 1 rings (SSSR count). The van der Waals surface area contributed by atoms with Crippen LogP contribution >= 0.6 is 22.6 Å². The quantitative estimate of drug-likeness (QED) is 0.363. The maximum Gasteiger partial charge on any atom is 0.321 e. The van der Waals surface area contributed by atoms with Gasteiger partial charge in [0.25, 0.3) is 0 Å². The topological polar surface area (TPSA) is 26.3 Å². The molecule has 1 aromatic rings. The van der Waals surface area contributed by atoms with Gasteiger partial charge in [0, 0.05) is 0 Å². The standard InChI is InChI=1S/C11H13IO2/c1-7-4-8(2)11(9(3)5-7)14-10(13)6-12/h4-5H,6H2,1-3H3. The molecule has 0 saturated carbocycles. The Labute approximate surface area is 97.8 Å². The highest BCUT2D eigenvalue weighted by atomic mass is 127. The lowest BCUT2D eigenvalue weighted by molar-refractivity contribution is -0.131. The van der Waals surface area contributed by atoms with Gasteiger partial charge in [-0.2, -0.15) is 0 Å². The van der Waals surface area contributed by atoms with Crippen molar-refractivity contribution < 1.29 is 9.53 Å². The number of benzene rings is 1. The molecule has 0 atom stereocenters. The second-order valence-electron chi connectivity index (χ2n) is 3.34. The highest BCUT2D eigenvalue weighted by Crippen LogP contribution is 2.24. The molecule has 14 heavy (non-hydrogen) atoms. The van der Waals surface area contributed by atoms with Crippen LogP contribution in [0.3, 0.4) is 0 Å². The van der Waals surface area contributed by atoms with E-state index in [2.05, 4.69) is 0 Å². The summed E-state index contributed by atoms with van der Waals surface area (Å²) >= 11 is 2.00. The van der Waals surface area contributed by atoms with E-state index in [0.717, 1.165) is 11.1 Å². The molecule has 0 aliphatic carbocycles. The smallest absolute Gasteiger partial charge is 0.321 e. The lowest BCUT2D eigenvalue weighted by Gasteiger charge is -2.10. The van der Waals surface area contributed by atoms with E-state index in [1.807, 2.05) is 55.5 Å². The molecule has 0 aromatic heterocycles. The fraction of sp³-hybridized carbons (Fsp3) is 0.364. The van der Waals surface area contributed by atoms with Crippen molar-refractivity contribution in [2.24, 2.45) is 0 Å². The maximum absolute atomic E-state index is 11.1. The number of aryl methyl sites for hydroxylation is 3. The summed E-state index contributed by atoms with van der Waals surface area (Å²) in [6.07, 6.45) is 0. The van der Waals surface area contributed by atoms with Gasteiger partial charge in [-0.05, 0) is 31.9 Å². The van der Waals surface area contributed by atoms with Crippen LogP contribution in [0.25, 0.3) is 0 Å². The van der Waals surface area contributed by atoms with Crippen LogP contribution < -0.4 is 4.74 Å². The SMILES string of the molecule is Cc1cc(C)c(OC(=O)CI)c(C)c1. The molecule has 0 heterocycles. The molecule has 3 heteroatoms. The van der Waals surface area contributed by atoms with Gasteiger partial charge in [-0.15, -0.1) is 0 Å². The Hall–Kier alpha value is -0.580. The highest BCUT2D eigenvalue weighted by molar-refractivity contribution is 14.1. The average molecular weight is 304 g/mol. The van der Waals surface area contributed by atoms with E-state index in [9.17, 15) is 4.79 Å². The van der Waals surface area contributed by atoms with Crippen LogP contribution in [0.5, 0.6) is 5.75 Å². The van der Waals surface area contributed by atoms with Crippen molar-refractivity contribution in [2.45, 2.75) is 20.8 Å². The highest BCUT2D eigenvalue weighted by Gasteiger charge is 2.08. The molecule has 0 N–H and O–H groups in total. The van der Waals surface area contributed by atoms with Crippen LogP contribution in [-0.4, -0.2) is 10.4 Å². The summed E-state index contributed by atoms with van der Waals surface area (Å²) in [6, 6.07) is 4.03. The van der Waals surface area contributed by atoms with Crippen LogP contribution in [0.1, 0.15) is 16.7 Å². The molecule has 0 unspecified atom stereocenters. The van der Waals surface area contributed by atoms with Crippen LogP contribution in [-0.2, 0) is 4.79 Å². The number of ether oxygens (including phenoxy) is 1. The third-order valence-corrected chi connectivity index (χ3v) is 2.55. The van der Waals surface area contributed by atoms with Gasteiger partial charge in [0.05, 0.1) is 4.43 Å². The maximum atomic E-state index is 11.1. The van der Waals surface area contributed by atoms with E-state index in [1.165, 1.54) is 5.56 Å². The Morgan fingerprint density at radius 1 is 1.29 bits per heavy atom. The van der Waals surface area contributed by atoms with Crippen molar-refractivity contribution in [1.82, 2.24) is 0 Å². The number of esters is 1. The van der Waals surface area contributed by atoms with Crippen molar-refractivity contribution in [3.8, 4) is 5.75 Å². The first kappa shape index (κ1) is 11.5. The molecular weight excluding hydrogens is 291 g/mol. The number of halogens is 1. The lowest BCUT2D eigenvalue weighted by Crippen LogP contribution is -2.10. The first-order valence-electron chi connectivity index (χ1n) is 4.39. The van der Waals surface area contributed by atoms with Crippen molar-refractivity contribution in [3.05, 3.63) is 28.8 Å². The second-order valence-corrected chi connectivity index (χ2v) is 4.10. The Kier molecular flexibility index (Phi) is 3.92. The van der Waals surface area contributed by atoms with E-state index in [1.54, 1.807) is 0 Å². The van der Waals surface area contributed by atoms with Gasteiger partial charge in [-0.25, -0.2) is 0 Å². The van der Waals surface area contributed by atoms with Gasteiger partial charge in [0.1, 0.15) is 5.75 Å². The van der Waals surface area contributed by atoms with Crippen LogP contribution in [0.15, 0.2) is 12.1 Å². The summed E-state index contributed by atoms with van der Waals surface area (Å²) in [4.78, 5) is 11.1. The van der Waals surface area contributed by atoms with Crippen molar-refractivity contribution in [1.29, 1.82) is 0 Å². The number of carbonyl (C=O) groups excluding carboxylic acids is 1. The Bertz CT molecular complexity index is 335. The summed E-state index contributed by atoms with van der Waals surface area (Å²) in [7, 11) is 0. The third-order valence-electron chi connectivity index (χ3n) is 1.93. The molecule has 0 spiro atoms. The van der Waals surface area contributed by atoms with Gasteiger partial charge in [0.2, 0.25) is 0 Å². The zero-order valence-corrected chi connectivity index (χ0v) is 10.7. The first-order chi connectivity index (χ1) is 6.54. The minimum atomic E-state index is -0.194. The molecule has 0 radical (unpaired) electrons. The molecule has 0 fully saturated rings. The number of hydrogen-bond acceptors (Lipinski definition) is 2. The van der Waals surface area contributed by atoms with Gasteiger partial charge in [-0.1, -0.05) is 40.3 Å². The third kappa shape index (κ3) is 2.70. The zero-order valence-electron chi connectivity index (χ0n) is 8.56. The van der Waals surface area contributed by atoms with Gasteiger partial charge < -0.3 is 4.74 Å². The molecule has 76 valence electrons.